The highest BCUT2D eigenvalue weighted by Crippen LogP contribution is 2.23. The molecule has 1 aliphatic rings. The van der Waals surface area contributed by atoms with Crippen molar-refractivity contribution in [1.29, 1.82) is 5.41 Å². The third-order valence-electron chi connectivity index (χ3n) is 2.04. The Labute approximate surface area is 101 Å². The lowest BCUT2D eigenvalue weighted by Crippen LogP contribution is -2.45. The van der Waals surface area contributed by atoms with Crippen LogP contribution in [-0.4, -0.2) is 23.1 Å². The molecule has 0 aromatic carbocycles. The summed E-state index contributed by atoms with van der Waals surface area (Å²) >= 11 is 0. The fourth-order valence-electron chi connectivity index (χ4n) is 1.30. The summed E-state index contributed by atoms with van der Waals surface area (Å²) in [5, 5.41) is 17.9. The van der Waals surface area contributed by atoms with Crippen LogP contribution in [0.2, 0.25) is 0 Å². The Morgan fingerprint density at radius 1 is 1.53 bits per heavy atom. The van der Waals surface area contributed by atoms with Crippen molar-refractivity contribution in [1.82, 2.24) is 5.32 Å². The van der Waals surface area contributed by atoms with E-state index < -0.39 is 17.2 Å². The van der Waals surface area contributed by atoms with Gasteiger partial charge in [-0.1, -0.05) is 0 Å². The van der Waals surface area contributed by atoms with E-state index in [0.29, 0.717) is 0 Å². The largest absolute Gasteiger partial charge is 0.444 e. The first-order valence-corrected chi connectivity index (χ1v) is 5.34. The van der Waals surface area contributed by atoms with Crippen molar-refractivity contribution in [2.75, 3.05) is 0 Å². The van der Waals surface area contributed by atoms with Gasteiger partial charge in [-0.25, -0.2) is 4.79 Å². The van der Waals surface area contributed by atoms with Gasteiger partial charge in [0.25, 0.3) is 0 Å². The van der Waals surface area contributed by atoms with E-state index in [1.165, 1.54) is 0 Å². The van der Waals surface area contributed by atoms with E-state index in [9.17, 15) is 4.79 Å². The SMILES string of the molecule is CC1=CC(C)(C(=N)NC(=O)OC(C)(C)C)N=N1. The van der Waals surface area contributed by atoms with E-state index in [4.69, 9.17) is 10.1 Å². The second-order valence-electron chi connectivity index (χ2n) is 5.14. The Morgan fingerprint density at radius 2 is 2.12 bits per heavy atom. The Morgan fingerprint density at radius 3 is 2.53 bits per heavy atom. The maximum atomic E-state index is 11.5. The van der Waals surface area contributed by atoms with Crippen molar-refractivity contribution in [3.63, 3.8) is 0 Å². The van der Waals surface area contributed by atoms with Crippen LogP contribution in [0, 0.1) is 5.41 Å². The summed E-state index contributed by atoms with van der Waals surface area (Å²) in [5.74, 6) is -0.0487. The van der Waals surface area contributed by atoms with Crippen molar-refractivity contribution in [3.05, 3.63) is 11.8 Å². The molecule has 0 aromatic heterocycles. The predicted octanol–water partition coefficient (Wildman–Crippen LogP) is 2.62. The quantitative estimate of drug-likeness (QED) is 0.543. The molecule has 0 spiro atoms. The lowest BCUT2D eigenvalue weighted by atomic mass is 10.0. The number of alkyl carbamates (subject to hydrolysis) is 1. The van der Waals surface area contributed by atoms with E-state index in [0.717, 1.165) is 5.70 Å². The van der Waals surface area contributed by atoms with Crippen molar-refractivity contribution >= 4 is 11.9 Å². The number of azo groups is 1. The molecule has 1 heterocycles. The van der Waals surface area contributed by atoms with Gasteiger partial charge in [-0.15, -0.1) is 0 Å². The maximum absolute atomic E-state index is 11.5. The minimum absolute atomic E-state index is 0.0487. The number of allylic oxidation sites excluding steroid dienone is 1. The van der Waals surface area contributed by atoms with Gasteiger partial charge < -0.3 is 4.74 Å². The summed E-state index contributed by atoms with van der Waals surface area (Å²) in [4.78, 5) is 11.5. The maximum Gasteiger partial charge on any atom is 0.413 e. The number of ether oxygens (including phenoxy) is 1. The number of amides is 1. The van der Waals surface area contributed by atoms with Gasteiger partial charge in [-0.05, 0) is 40.7 Å². The van der Waals surface area contributed by atoms with E-state index in [1.807, 2.05) is 0 Å². The Balaban J connectivity index is 2.63. The highest BCUT2D eigenvalue weighted by molar-refractivity contribution is 6.00. The zero-order chi connectivity index (χ0) is 13.3. The summed E-state index contributed by atoms with van der Waals surface area (Å²) in [6, 6.07) is 0. The molecule has 6 heteroatoms. The molecule has 0 saturated heterocycles. The van der Waals surface area contributed by atoms with Crippen LogP contribution < -0.4 is 5.32 Å². The van der Waals surface area contributed by atoms with Crippen molar-refractivity contribution in [2.24, 2.45) is 10.2 Å². The highest BCUT2D eigenvalue weighted by Gasteiger charge is 2.33. The number of carbonyl (C=O) groups is 1. The number of carbonyl (C=O) groups excluding carboxylic acids is 1. The molecule has 0 saturated carbocycles. The molecule has 1 aliphatic heterocycles. The van der Waals surface area contributed by atoms with Gasteiger partial charge in [0.1, 0.15) is 11.4 Å². The smallest absolute Gasteiger partial charge is 0.413 e. The molecule has 0 fully saturated rings. The zero-order valence-electron chi connectivity index (χ0n) is 10.8. The number of rotatable bonds is 1. The van der Waals surface area contributed by atoms with Gasteiger partial charge in [0.2, 0.25) is 0 Å². The molecule has 0 aromatic rings. The first kappa shape index (κ1) is 13.3. The second kappa shape index (κ2) is 4.27. The lowest BCUT2D eigenvalue weighted by molar-refractivity contribution is 0.0560. The minimum Gasteiger partial charge on any atom is -0.444 e. The molecule has 6 nitrogen and oxygen atoms in total. The standard InChI is InChI=1S/C11H18N4O2/c1-7-6-11(5,15-14-7)8(12)13-9(16)17-10(2,3)4/h6H,1-5H3,(H2,12,13,16). The van der Waals surface area contributed by atoms with Gasteiger partial charge in [0.05, 0.1) is 5.70 Å². The first-order valence-electron chi connectivity index (χ1n) is 5.34. The van der Waals surface area contributed by atoms with Gasteiger partial charge in [-0.2, -0.15) is 10.2 Å². The molecule has 1 amide bonds. The fourth-order valence-corrected chi connectivity index (χ4v) is 1.30. The monoisotopic (exact) mass is 238 g/mol. The van der Waals surface area contributed by atoms with Crippen molar-refractivity contribution in [3.8, 4) is 0 Å². The molecule has 94 valence electrons. The number of hydrogen-bond donors (Lipinski definition) is 2. The topological polar surface area (TPSA) is 86.9 Å². The third-order valence-corrected chi connectivity index (χ3v) is 2.04. The Kier molecular flexibility index (Phi) is 3.35. The summed E-state index contributed by atoms with van der Waals surface area (Å²) < 4.78 is 5.06. The van der Waals surface area contributed by atoms with Gasteiger partial charge in [-0.3, -0.25) is 10.7 Å². The summed E-state index contributed by atoms with van der Waals surface area (Å²) in [5.41, 5.74) is -0.766. The fraction of sp³-hybridized carbons (Fsp3) is 0.636. The molecule has 1 rings (SSSR count). The predicted molar refractivity (Wildman–Crippen MR) is 64.1 cm³/mol. The lowest BCUT2D eigenvalue weighted by Gasteiger charge is -2.22. The zero-order valence-corrected chi connectivity index (χ0v) is 10.8. The summed E-state index contributed by atoms with van der Waals surface area (Å²) in [6.45, 7) is 8.77. The van der Waals surface area contributed by atoms with E-state index in [-0.39, 0.29) is 5.84 Å². The minimum atomic E-state index is -0.902. The van der Waals surface area contributed by atoms with E-state index in [2.05, 4.69) is 15.5 Å². The molecule has 1 unspecified atom stereocenters. The van der Waals surface area contributed by atoms with Crippen LogP contribution in [0.1, 0.15) is 34.6 Å². The Hall–Kier alpha value is -1.72. The second-order valence-corrected chi connectivity index (χ2v) is 5.14. The summed E-state index contributed by atoms with van der Waals surface area (Å²) in [7, 11) is 0. The molecular formula is C11H18N4O2. The average Bonchev–Trinajstić information content (AvgIpc) is 2.44. The number of hydrogen-bond acceptors (Lipinski definition) is 5. The van der Waals surface area contributed by atoms with Crippen LogP contribution >= 0.6 is 0 Å². The van der Waals surface area contributed by atoms with Gasteiger partial charge in [0, 0.05) is 0 Å². The molecular weight excluding hydrogens is 220 g/mol. The molecule has 2 N–H and O–H groups in total. The average molecular weight is 238 g/mol. The number of nitrogens with zero attached hydrogens (tertiary/aromatic N) is 2. The van der Waals surface area contributed by atoms with Crippen LogP contribution in [0.15, 0.2) is 22.0 Å². The molecule has 0 aliphatic carbocycles. The van der Waals surface area contributed by atoms with E-state index in [1.54, 1.807) is 40.7 Å². The molecule has 0 radical (unpaired) electrons. The Bertz CT molecular complexity index is 406. The van der Waals surface area contributed by atoms with Crippen molar-refractivity contribution in [2.45, 2.75) is 45.8 Å². The first-order chi connectivity index (χ1) is 7.62. The van der Waals surface area contributed by atoms with Gasteiger partial charge >= 0.3 is 6.09 Å². The van der Waals surface area contributed by atoms with Crippen LogP contribution in [0.5, 0.6) is 0 Å². The molecule has 1 atom stereocenters. The van der Waals surface area contributed by atoms with Crippen LogP contribution in [0.3, 0.4) is 0 Å². The van der Waals surface area contributed by atoms with Crippen molar-refractivity contribution < 1.29 is 9.53 Å². The number of nitrogens with one attached hydrogen (secondary N) is 2. The summed E-state index contributed by atoms with van der Waals surface area (Å²) in [6.07, 6.45) is 1.06. The molecule has 0 bridgehead atoms. The van der Waals surface area contributed by atoms with Crippen LogP contribution in [0.4, 0.5) is 4.79 Å². The van der Waals surface area contributed by atoms with Crippen LogP contribution in [-0.2, 0) is 4.74 Å². The third kappa shape index (κ3) is 3.65. The molecule has 17 heavy (non-hydrogen) atoms. The normalized spacial score (nSPS) is 23.2. The highest BCUT2D eigenvalue weighted by atomic mass is 16.6. The number of amidine groups is 1. The van der Waals surface area contributed by atoms with Gasteiger partial charge in [0.15, 0.2) is 5.54 Å². The van der Waals surface area contributed by atoms with Crippen LogP contribution in [0.25, 0.3) is 0 Å². The van der Waals surface area contributed by atoms with E-state index >= 15 is 0 Å².